The molecule has 0 amide bonds. The van der Waals surface area contributed by atoms with E-state index < -0.39 is 0 Å². The minimum atomic E-state index is 0.161. The number of rotatable bonds is 6. The second-order valence-corrected chi connectivity index (χ2v) is 6.62. The standard InChI is InChI=1S/C16H27BrN2/c1-7-16(4,5)19(6)15-10-9-13(17)11-14(15)12(3)18-8-2/h9-12,18H,7-8H2,1-6H3. The van der Waals surface area contributed by atoms with Crippen LogP contribution in [-0.2, 0) is 0 Å². The molecule has 108 valence electrons. The van der Waals surface area contributed by atoms with Crippen molar-refractivity contribution in [3.05, 3.63) is 28.2 Å². The van der Waals surface area contributed by atoms with Crippen molar-refractivity contribution in [2.24, 2.45) is 0 Å². The number of hydrogen-bond acceptors (Lipinski definition) is 2. The van der Waals surface area contributed by atoms with E-state index in [0.29, 0.717) is 6.04 Å². The maximum Gasteiger partial charge on any atom is 0.0417 e. The summed E-state index contributed by atoms with van der Waals surface area (Å²) in [6, 6.07) is 6.92. The zero-order valence-electron chi connectivity index (χ0n) is 13.0. The molecule has 0 aromatic heterocycles. The Morgan fingerprint density at radius 3 is 2.47 bits per heavy atom. The minimum Gasteiger partial charge on any atom is -0.369 e. The number of hydrogen-bond donors (Lipinski definition) is 1. The van der Waals surface area contributed by atoms with Crippen molar-refractivity contribution in [2.75, 3.05) is 18.5 Å². The summed E-state index contributed by atoms with van der Waals surface area (Å²) in [4.78, 5) is 2.39. The van der Waals surface area contributed by atoms with Gasteiger partial charge in [0.15, 0.2) is 0 Å². The van der Waals surface area contributed by atoms with Crippen LogP contribution >= 0.6 is 15.9 Å². The summed E-state index contributed by atoms with van der Waals surface area (Å²) < 4.78 is 1.14. The molecule has 0 aliphatic heterocycles. The lowest BCUT2D eigenvalue weighted by Crippen LogP contribution is -2.41. The monoisotopic (exact) mass is 326 g/mol. The molecule has 1 N–H and O–H groups in total. The molecule has 0 fully saturated rings. The molecule has 0 radical (unpaired) electrons. The highest BCUT2D eigenvalue weighted by atomic mass is 79.9. The highest BCUT2D eigenvalue weighted by Gasteiger charge is 2.24. The van der Waals surface area contributed by atoms with Crippen molar-refractivity contribution in [3.8, 4) is 0 Å². The molecule has 19 heavy (non-hydrogen) atoms. The Balaban J connectivity index is 3.20. The number of nitrogens with one attached hydrogen (secondary N) is 1. The molecule has 1 aromatic carbocycles. The zero-order valence-corrected chi connectivity index (χ0v) is 14.6. The minimum absolute atomic E-state index is 0.161. The van der Waals surface area contributed by atoms with Gasteiger partial charge in [-0.05, 0) is 57.5 Å². The topological polar surface area (TPSA) is 15.3 Å². The summed E-state index contributed by atoms with van der Waals surface area (Å²) in [5.41, 5.74) is 2.82. The van der Waals surface area contributed by atoms with E-state index in [-0.39, 0.29) is 5.54 Å². The Kier molecular flexibility index (Phi) is 5.87. The third-order valence-corrected chi connectivity index (χ3v) is 4.59. The van der Waals surface area contributed by atoms with Crippen LogP contribution < -0.4 is 10.2 Å². The predicted molar refractivity (Wildman–Crippen MR) is 89.0 cm³/mol. The van der Waals surface area contributed by atoms with Crippen molar-refractivity contribution < 1.29 is 0 Å². The van der Waals surface area contributed by atoms with E-state index in [2.05, 4.69) is 86.0 Å². The van der Waals surface area contributed by atoms with E-state index in [0.717, 1.165) is 17.4 Å². The van der Waals surface area contributed by atoms with E-state index in [1.165, 1.54) is 11.3 Å². The maximum atomic E-state index is 3.59. The van der Waals surface area contributed by atoms with Gasteiger partial charge in [-0.15, -0.1) is 0 Å². The number of halogens is 1. The van der Waals surface area contributed by atoms with Crippen molar-refractivity contribution in [2.45, 2.75) is 52.6 Å². The van der Waals surface area contributed by atoms with E-state index in [4.69, 9.17) is 0 Å². The summed E-state index contributed by atoms with van der Waals surface area (Å²) in [6.07, 6.45) is 1.12. The van der Waals surface area contributed by atoms with Gasteiger partial charge in [-0.3, -0.25) is 0 Å². The Bertz CT molecular complexity index is 415. The molecular weight excluding hydrogens is 300 g/mol. The van der Waals surface area contributed by atoms with Crippen LogP contribution in [0.25, 0.3) is 0 Å². The second-order valence-electron chi connectivity index (χ2n) is 5.71. The van der Waals surface area contributed by atoms with Gasteiger partial charge in [0, 0.05) is 28.8 Å². The maximum absolute atomic E-state index is 3.59. The van der Waals surface area contributed by atoms with Gasteiger partial charge in [-0.2, -0.15) is 0 Å². The first-order valence-electron chi connectivity index (χ1n) is 7.10. The van der Waals surface area contributed by atoms with Crippen LogP contribution in [0.2, 0.25) is 0 Å². The van der Waals surface area contributed by atoms with Crippen molar-refractivity contribution >= 4 is 21.6 Å². The van der Waals surface area contributed by atoms with Crippen LogP contribution in [0.1, 0.15) is 52.6 Å². The number of benzene rings is 1. The predicted octanol–water partition coefficient (Wildman–Crippen LogP) is 4.74. The third kappa shape index (κ3) is 3.96. The fourth-order valence-electron chi connectivity index (χ4n) is 2.16. The van der Waals surface area contributed by atoms with Gasteiger partial charge in [0.25, 0.3) is 0 Å². The fourth-order valence-corrected chi connectivity index (χ4v) is 2.54. The molecule has 1 atom stereocenters. The third-order valence-electron chi connectivity index (χ3n) is 4.10. The first-order chi connectivity index (χ1) is 8.83. The van der Waals surface area contributed by atoms with Crippen molar-refractivity contribution in [1.29, 1.82) is 0 Å². The number of anilines is 1. The van der Waals surface area contributed by atoms with Crippen LogP contribution in [0.5, 0.6) is 0 Å². The van der Waals surface area contributed by atoms with Crippen LogP contribution in [0, 0.1) is 0 Å². The molecule has 0 aliphatic rings. The molecule has 1 rings (SSSR count). The SMILES string of the molecule is CCNC(C)c1cc(Br)ccc1N(C)C(C)(C)CC. The largest absolute Gasteiger partial charge is 0.369 e. The van der Waals surface area contributed by atoms with Gasteiger partial charge < -0.3 is 10.2 Å². The Morgan fingerprint density at radius 2 is 1.95 bits per heavy atom. The lowest BCUT2D eigenvalue weighted by Gasteiger charge is -2.39. The summed E-state index contributed by atoms with van der Waals surface area (Å²) in [6.45, 7) is 12.2. The fraction of sp³-hybridized carbons (Fsp3) is 0.625. The molecule has 1 aromatic rings. The van der Waals surface area contributed by atoms with E-state index in [1.54, 1.807) is 0 Å². The molecule has 0 aliphatic carbocycles. The molecule has 1 unspecified atom stereocenters. The van der Waals surface area contributed by atoms with Crippen LogP contribution in [-0.4, -0.2) is 19.1 Å². The summed E-state index contributed by atoms with van der Waals surface area (Å²) in [7, 11) is 2.19. The lowest BCUT2D eigenvalue weighted by atomic mass is 9.96. The smallest absolute Gasteiger partial charge is 0.0417 e. The normalized spacial score (nSPS) is 13.4. The molecular formula is C16H27BrN2. The van der Waals surface area contributed by atoms with Gasteiger partial charge in [0.1, 0.15) is 0 Å². The Labute approximate surface area is 126 Å². The summed E-state index contributed by atoms with van der Waals surface area (Å²) in [5.74, 6) is 0. The first kappa shape index (κ1) is 16.5. The molecule has 0 saturated carbocycles. The quantitative estimate of drug-likeness (QED) is 0.811. The molecule has 0 spiro atoms. The highest BCUT2D eigenvalue weighted by Crippen LogP contribution is 2.33. The molecule has 0 bridgehead atoms. The van der Waals surface area contributed by atoms with Gasteiger partial charge >= 0.3 is 0 Å². The Hall–Kier alpha value is -0.540. The van der Waals surface area contributed by atoms with E-state index in [9.17, 15) is 0 Å². The molecule has 0 heterocycles. The average Bonchev–Trinajstić information content (AvgIpc) is 2.38. The lowest BCUT2D eigenvalue weighted by molar-refractivity contribution is 0.467. The molecule has 2 nitrogen and oxygen atoms in total. The van der Waals surface area contributed by atoms with Gasteiger partial charge in [-0.25, -0.2) is 0 Å². The van der Waals surface area contributed by atoms with Crippen molar-refractivity contribution in [3.63, 3.8) is 0 Å². The van der Waals surface area contributed by atoms with E-state index in [1.807, 2.05) is 0 Å². The first-order valence-corrected chi connectivity index (χ1v) is 7.89. The molecule has 3 heteroatoms. The zero-order chi connectivity index (χ0) is 14.6. The van der Waals surface area contributed by atoms with Crippen LogP contribution in [0.3, 0.4) is 0 Å². The van der Waals surface area contributed by atoms with E-state index >= 15 is 0 Å². The van der Waals surface area contributed by atoms with Gasteiger partial charge in [0.05, 0.1) is 0 Å². The van der Waals surface area contributed by atoms with Crippen LogP contribution in [0.15, 0.2) is 22.7 Å². The number of nitrogens with zero attached hydrogens (tertiary/aromatic N) is 1. The van der Waals surface area contributed by atoms with Crippen molar-refractivity contribution in [1.82, 2.24) is 5.32 Å². The Morgan fingerprint density at radius 1 is 1.32 bits per heavy atom. The molecule has 0 saturated heterocycles. The summed E-state index contributed by atoms with van der Waals surface area (Å²) >= 11 is 3.59. The highest BCUT2D eigenvalue weighted by molar-refractivity contribution is 9.10. The van der Waals surface area contributed by atoms with Crippen LogP contribution in [0.4, 0.5) is 5.69 Å². The average molecular weight is 327 g/mol. The van der Waals surface area contributed by atoms with Gasteiger partial charge in [0.2, 0.25) is 0 Å². The second kappa shape index (κ2) is 6.76. The summed E-state index contributed by atoms with van der Waals surface area (Å²) in [5, 5.41) is 3.51. The van der Waals surface area contributed by atoms with Gasteiger partial charge in [-0.1, -0.05) is 29.8 Å².